The fourth-order valence-corrected chi connectivity index (χ4v) is 1.19. The zero-order chi connectivity index (χ0) is 9.52. The number of hydrogen-bond acceptors (Lipinski definition) is 0. The molecule has 0 unspecified atom stereocenters. The van der Waals surface area contributed by atoms with Crippen molar-refractivity contribution in [1.82, 2.24) is 0 Å². The number of rotatable bonds is 2. The van der Waals surface area contributed by atoms with Gasteiger partial charge in [0.05, 0.1) is 0 Å². The van der Waals surface area contributed by atoms with Crippen molar-refractivity contribution in [2.75, 3.05) is 0 Å². The molecule has 0 nitrogen and oxygen atoms in total. The molecule has 0 atom stereocenters. The summed E-state index contributed by atoms with van der Waals surface area (Å²) in [7, 11) is 0. The lowest BCUT2D eigenvalue weighted by Gasteiger charge is -1.97. The predicted octanol–water partition coefficient (Wildman–Crippen LogP) is 3.65. The Balaban J connectivity index is 3.00. The largest absolute Gasteiger partial charge is 0.115 e. The van der Waals surface area contributed by atoms with Crippen LogP contribution in [0.3, 0.4) is 0 Å². The molecule has 0 spiro atoms. The van der Waals surface area contributed by atoms with Crippen molar-refractivity contribution >= 4 is 28.2 Å². The highest BCUT2D eigenvalue weighted by Gasteiger charge is 1.93. The van der Waals surface area contributed by atoms with Gasteiger partial charge in [0.2, 0.25) is 0 Å². The summed E-state index contributed by atoms with van der Waals surface area (Å²) in [4.78, 5) is 0. The van der Waals surface area contributed by atoms with E-state index in [1.165, 1.54) is 0 Å². The maximum absolute atomic E-state index is 5.39. The van der Waals surface area contributed by atoms with Crippen molar-refractivity contribution in [1.29, 1.82) is 0 Å². The Labute approximate surface area is 92.5 Å². The van der Waals surface area contributed by atoms with Gasteiger partial charge in [-0.25, -0.2) is 0 Å². The maximum Gasteiger partial charge on any atom is 0.0315 e. The SMILES string of the molecule is C#C/C(=C\C=C\I)c1ccccc1. The van der Waals surface area contributed by atoms with E-state index in [4.69, 9.17) is 6.42 Å². The average Bonchev–Trinajstić information content (AvgIpc) is 2.21. The first-order valence-corrected chi connectivity index (χ1v) is 5.12. The highest BCUT2D eigenvalue weighted by Crippen LogP contribution is 2.12. The van der Waals surface area contributed by atoms with Crippen molar-refractivity contribution in [2.24, 2.45) is 0 Å². The Morgan fingerprint density at radius 2 is 2.00 bits per heavy atom. The van der Waals surface area contributed by atoms with Crippen LogP contribution < -0.4 is 0 Å². The van der Waals surface area contributed by atoms with Crippen LogP contribution in [-0.2, 0) is 0 Å². The molecule has 0 fully saturated rings. The first-order valence-electron chi connectivity index (χ1n) is 3.87. The second kappa shape index (κ2) is 5.60. The van der Waals surface area contributed by atoms with Crippen LogP contribution >= 0.6 is 22.6 Å². The summed E-state index contributed by atoms with van der Waals surface area (Å²) < 4.78 is 1.93. The molecule has 13 heavy (non-hydrogen) atoms. The Kier molecular flexibility index (Phi) is 4.34. The maximum atomic E-state index is 5.39. The first kappa shape index (κ1) is 10.1. The fourth-order valence-electron chi connectivity index (χ4n) is 0.978. The van der Waals surface area contributed by atoms with Gasteiger partial charge < -0.3 is 0 Å². The normalized spacial score (nSPS) is 11.5. The van der Waals surface area contributed by atoms with Gasteiger partial charge in [0.15, 0.2) is 0 Å². The van der Waals surface area contributed by atoms with Gasteiger partial charge in [-0.05, 0) is 15.7 Å². The molecule has 1 aromatic rings. The summed E-state index contributed by atoms with van der Waals surface area (Å²) in [5, 5.41) is 0. The van der Waals surface area contributed by atoms with Gasteiger partial charge in [0, 0.05) is 5.57 Å². The van der Waals surface area contributed by atoms with Crippen molar-refractivity contribution < 1.29 is 0 Å². The van der Waals surface area contributed by atoms with E-state index < -0.39 is 0 Å². The van der Waals surface area contributed by atoms with Crippen LogP contribution in [-0.4, -0.2) is 0 Å². The molecule has 0 radical (unpaired) electrons. The number of allylic oxidation sites excluding steroid dienone is 3. The highest BCUT2D eigenvalue weighted by molar-refractivity contribution is 14.1. The summed E-state index contributed by atoms with van der Waals surface area (Å²) in [5.74, 6) is 2.66. The fraction of sp³-hybridized carbons (Fsp3) is 0. The third-order valence-electron chi connectivity index (χ3n) is 1.58. The van der Waals surface area contributed by atoms with Gasteiger partial charge in [-0.1, -0.05) is 64.9 Å². The van der Waals surface area contributed by atoms with Gasteiger partial charge in [-0.15, -0.1) is 6.42 Å². The van der Waals surface area contributed by atoms with E-state index >= 15 is 0 Å². The van der Waals surface area contributed by atoms with Gasteiger partial charge >= 0.3 is 0 Å². The number of terminal acetylenes is 1. The van der Waals surface area contributed by atoms with Crippen LogP contribution in [0.5, 0.6) is 0 Å². The molecule has 0 heterocycles. The van der Waals surface area contributed by atoms with Crippen LogP contribution in [0, 0.1) is 12.3 Å². The van der Waals surface area contributed by atoms with Crippen molar-refractivity contribution in [3.8, 4) is 12.3 Å². The molecule has 0 aliphatic rings. The van der Waals surface area contributed by atoms with Crippen molar-refractivity contribution in [3.05, 3.63) is 52.1 Å². The van der Waals surface area contributed by atoms with E-state index in [0.717, 1.165) is 11.1 Å². The third-order valence-corrected chi connectivity index (χ3v) is 1.99. The monoisotopic (exact) mass is 280 g/mol. The molecule has 0 N–H and O–H groups in total. The smallest absolute Gasteiger partial charge is 0.0315 e. The molecule has 0 aromatic heterocycles. The second-order valence-electron chi connectivity index (χ2n) is 2.41. The van der Waals surface area contributed by atoms with Gasteiger partial charge in [-0.3, -0.25) is 0 Å². The molecule has 1 aromatic carbocycles. The highest BCUT2D eigenvalue weighted by atomic mass is 127. The van der Waals surface area contributed by atoms with Gasteiger partial charge in [0.1, 0.15) is 0 Å². The van der Waals surface area contributed by atoms with Crippen molar-refractivity contribution in [2.45, 2.75) is 0 Å². The standard InChI is InChI=1S/C12H9I/c1-2-11(9-6-10-13)12-7-4-3-5-8-12/h1,3-10H/b10-6+,11-9+. The molecule has 0 amide bonds. The molecule has 1 rings (SSSR count). The lowest BCUT2D eigenvalue weighted by atomic mass is 10.1. The Morgan fingerprint density at radius 1 is 1.31 bits per heavy atom. The molecule has 0 bridgehead atoms. The van der Waals surface area contributed by atoms with Crippen LogP contribution in [0.2, 0.25) is 0 Å². The number of halogens is 1. The quantitative estimate of drug-likeness (QED) is 0.440. The summed E-state index contributed by atoms with van der Waals surface area (Å²) in [5.41, 5.74) is 1.99. The van der Waals surface area contributed by atoms with Crippen LogP contribution in [0.4, 0.5) is 0 Å². The lowest BCUT2D eigenvalue weighted by molar-refractivity contribution is 1.63. The Bertz CT molecular complexity index is 352. The molecule has 1 heteroatoms. The van der Waals surface area contributed by atoms with E-state index in [-0.39, 0.29) is 0 Å². The second-order valence-corrected chi connectivity index (χ2v) is 3.13. The zero-order valence-corrected chi connectivity index (χ0v) is 9.23. The molecule has 0 aliphatic heterocycles. The molecule has 0 saturated heterocycles. The minimum absolute atomic E-state index is 0.911. The van der Waals surface area contributed by atoms with Gasteiger partial charge in [-0.2, -0.15) is 0 Å². The molecule has 0 saturated carbocycles. The Hall–Kier alpha value is -1.01. The van der Waals surface area contributed by atoms with E-state index in [2.05, 4.69) is 28.5 Å². The van der Waals surface area contributed by atoms with Crippen LogP contribution in [0.25, 0.3) is 5.57 Å². The molecule has 64 valence electrons. The van der Waals surface area contributed by atoms with E-state index in [9.17, 15) is 0 Å². The molecule has 0 aliphatic carbocycles. The van der Waals surface area contributed by atoms with E-state index in [1.54, 1.807) is 0 Å². The number of hydrogen-bond donors (Lipinski definition) is 0. The molecular weight excluding hydrogens is 271 g/mol. The molecular formula is C12H9I. The van der Waals surface area contributed by atoms with Crippen LogP contribution in [0.1, 0.15) is 5.56 Å². The minimum Gasteiger partial charge on any atom is -0.115 e. The Morgan fingerprint density at radius 3 is 2.54 bits per heavy atom. The number of benzene rings is 1. The summed E-state index contributed by atoms with van der Waals surface area (Å²) in [6, 6.07) is 9.95. The van der Waals surface area contributed by atoms with E-state index in [1.807, 2.05) is 46.6 Å². The predicted molar refractivity (Wildman–Crippen MR) is 66.4 cm³/mol. The lowest BCUT2D eigenvalue weighted by Crippen LogP contribution is -1.78. The van der Waals surface area contributed by atoms with E-state index in [0.29, 0.717) is 0 Å². The van der Waals surface area contributed by atoms with Gasteiger partial charge in [0.25, 0.3) is 0 Å². The first-order chi connectivity index (χ1) is 6.38. The minimum atomic E-state index is 0.911. The topological polar surface area (TPSA) is 0 Å². The average molecular weight is 280 g/mol. The third kappa shape index (κ3) is 3.08. The van der Waals surface area contributed by atoms with Crippen LogP contribution in [0.15, 0.2) is 46.6 Å². The summed E-state index contributed by atoms with van der Waals surface area (Å²) >= 11 is 2.16. The summed E-state index contributed by atoms with van der Waals surface area (Å²) in [6.45, 7) is 0. The zero-order valence-electron chi connectivity index (χ0n) is 7.07. The van der Waals surface area contributed by atoms with Crippen molar-refractivity contribution in [3.63, 3.8) is 0 Å². The summed E-state index contributed by atoms with van der Waals surface area (Å²) in [6.07, 6.45) is 9.26.